The van der Waals surface area contributed by atoms with E-state index in [2.05, 4.69) is 17.6 Å². The van der Waals surface area contributed by atoms with Gasteiger partial charge in [0.2, 0.25) is 0 Å². The van der Waals surface area contributed by atoms with Gasteiger partial charge in [0.05, 0.1) is 0 Å². The van der Waals surface area contributed by atoms with Crippen LogP contribution in [0.3, 0.4) is 0 Å². The Hall–Kier alpha value is -1.26. The molecule has 1 unspecified atom stereocenters. The van der Waals surface area contributed by atoms with Gasteiger partial charge in [0, 0.05) is 7.05 Å². The van der Waals surface area contributed by atoms with Crippen LogP contribution in [0.25, 0.3) is 0 Å². The predicted octanol–water partition coefficient (Wildman–Crippen LogP) is 1.34. The molecule has 0 rings (SSSR count). The first-order valence-electron chi connectivity index (χ1n) is 5.32. The van der Waals surface area contributed by atoms with Crippen LogP contribution in [0.4, 0.5) is 4.79 Å². The summed E-state index contributed by atoms with van der Waals surface area (Å²) < 4.78 is 0. The summed E-state index contributed by atoms with van der Waals surface area (Å²) in [7, 11) is 1.46. The SMILES string of the molecule is CCCCCCC(NC(=O)NC)C(=O)O. The van der Waals surface area contributed by atoms with Crippen molar-refractivity contribution < 1.29 is 14.7 Å². The smallest absolute Gasteiger partial charge is 0.326 e. The van der Waals surface area contributed by atoms with Gasteiger partial charge < -0.3 is 15.7 Å². The molecule has 0 aliphatic rings. The molecule has 15 heavy (non-hydrogen) atoms. The molecule has 2 amide bonds. The Kier molecular flexibility index (Phi) is 7.40. The maximum absolute atomic E-state index is 10.9. The van der Waals surface area contributed by atoms with Crippen molar-refractivity contribution in [3.05, 3.63) is 0 Å². The zero-order valence-electron chi connectivity index (χ0n) is 9.38. The summed E-state index contributed by atoms with van der Waals surface area (Å²) in [5.74, 6) is -0.977. The Morgan fingerprint density at radius 1 is 1.27 bits per heavy atom. The van der Waals surface area contributed by atoms with Gasteiger partial charge >= 0.3 is 12.0 Å². The highest BCUT2D eigenvalue weighted by atomic mass is 16.4. The number of amides is 2. The molecule has 0 aliphatic carbocycles. The predicted molar refractivity (Wildman–Crippen MR) is 57.8 cm³/mol. The molecule has 0 bridgehead atoms. The molecule has 88 valence electrons. The van der Waals surface area contributed by atoms with E-state index < -0.39 is 18.0 Å². The largest absolute Gasteiger partial charge is 0.480 e. The fourth-order valence-corrected chi connectivity index (χ4v) is 1.26. The summed E-state index contributed by atoms with van der Waals surface area (Å²) in [5, 5.41) is 13.6. The van der Waals surface area contributed by atoms with Crippen LogP contribution in [0.1, 0.15) is 39.0 Å². The number of rotatable bonds is 7. The van der Waals surface area contributed by atoms with Crippen LogP contribution in [0.5, 0.6) is 0 Å². The minimum atomic E-state index is -0.977. The van der Waals surface area contributed by atoms with Gasteiger partial charge in [0.1, 0.15) is 6.04 Å². The number of hydrogen-bond donors (Lipinski definition) is 3. The average molecular weight is 216 g/mol. The number of nitrogens with one attached hydrogen (secondary N) is 2. The van der Waals surface area contributed by atoms with Crippen LogP contribution in [0.2, 0.25) is 0 Å². The number of hydrogen-bond acceptors (Lipinski definition) is 2. The van der Waals surface area contributed by atoms with E-state index in [1.54, 1.807) is 0 Å². The van der Waals surface area contributed by atoms with E-state index in [1.807, 2.05) is 0 Å². The number of unbranched alkanes of at least 4 members (excludes halogenated alkanes) is 3. The lowest BCUT2D eigenvalue weighted by molar-refractivity contribution is -0.139. The van der Waals surface area contributed by atoms with E-state index >= 15 is 0 Å². The summed E-state index contributed by atoms with van der Waals surface area (Å²) >= 11 is 0. The van der Waals surface area contributed by atoms with Crippen molar-refractivity contribution >= 4 is 12.0 Å². The zero-order chi connectivity index (χ0) is 11.7. The number of carboxylic acids is 1. The molecule has 0 fully saturated rings. The second-order valence-corrected chi connectivity index (χ2v) is 3.46. The van der Waals surface area contributed by atoms with Gasteiger partial charge in [-0.25, -0.2) is 9.59 Å². The summed E-state index contributed by atoms with van der Waals surface area (Å²) in [5.41, 5.74) is 0. The van der Waals surface area contributed by atoms with Crippen molar-refractivity contribution in [3.8, 4) is 0 Å². The van der Waals surface area contributed by atoms with Gasteiger partial charge in [-0.05, 0) is 6.42 Å². The normalized spacial score (nSPS) is 11.9. The Labute approximate surface area is 90.2 Å². The van der Waals surface area contributed by atoms with E-state index in [9.17, 15) is 9.59 Å². The van der Waals surface area contributed by atoms with Gasteiger partial charge in [-0.2, -0.15) is 0 Å². The molecule has 0 aromatic heterocycles. The first-order valence-corrected chi connectivity index (χ1v) is 5.32. The first kappa shape index (κ1) is 13.7. The molecule has 3 N–H and O–H groups in total. The van der Waals surface area contributed by atoms with Crippen LogP contribution in [-0.4, -0.2) is 30.2 Å². The van der Waals surface area contributed by atoms with Crippen molar-refractivity contribution in [2.24, 2.45) is 0 Å². The van der Waals surface area contributed by atoms with E-state index in [1.165, 1.54) is 7.05 Å². The lowest BCUT2D eigenvalue weighted by Crippen LogP contribution is -2.44. The third kappa shape index (κ3) is 6.76. The third-order valence-electron chi connectivity index (χ3n) is 2.18. The van der Waals surface area contributed by atoms with Crippen LogP contribution in [0, 0.1) is 0 Å². The minimum absolute atomic E-state index is 0.446. The molecule has 5 heteroatoms. The van der Waals surface area contributed by atoms with Gasteiger partial charge in [0.25, 0.3) is 0 Å². The molecule has 0 aromatic rings. The maximum atomic E-state index is 10.9. The highest BCUT2D eigenvalue weighted by Gasteiger charge is 2.18. The van der Waals surface area contributed by atoms with Crippen molar-refractivity contribution in [2.75, 3.05) is 7.05 Å². The van der Waals surface area contributed by atoms with Gasteiger partial charge in [-0.15, -0.1) is 0 Å². The Morgan fingerprint density at radius 2 is 1.93 bits per heavy atom. The number of carbonyl (C=O) groups excluding carboxylic acids is 1. The first-order chi connectivity index (χ1) is 7.11. The lowest BCUT2D eigenvalue weighted by atomic mass is 10.1. The average Bonchev–Trinajstić information content (AvgIpc) is 2.21. The molecule has 5 nitrogen and oxygen atoms in total. The second kappa shape index (κ2) is 8.08. The van der Waals surface area contributed by atoms with E-state index in [4.69, 9.17) is 5.11 Å². The number of aliphatic carboxylic acids is 1. The van der Waals surface area contributed by atoms with Crippen LogP contribution in [0.15, 0.2) is 0 Å². The molecule has 0 spiro atoms. The summed E-state index contributed by atoms with van der Waals surface area (Å²) in [6.45, 7) is 2.09. The third-order valence-corrected chi connectivity index (χ3v) is 2.18. The van der Waals surface area contributed by atoms with E-state index in [-0.39, 0.29) is 0 Å². The molecule has 0 aliphatic heterocycles. The van der Waals surface area contributed by atoms with E-state index in [0.29, 0.717) is 6.42 Å². The van der Waals surface area contributed by atoms with Crippen molar-refractivity contribution in [3.63, 3.8) is 0 Å². The summed E-state index contributed by atoms with van der Waals surface area (Å²) in [6.07, 6.45) is 4.54. The second-order valence-electron chi connectivity index (χ2n) is 3.46. The van der Waals surface area contributed by atoms with E-state index in [0.717, 1.165) is 25.7 Å². The fraction of sp³-hybridized carbons (Fsp3) is 0.800. The van der Waals surface area contributed by atoms with Crippen LogP contribution >= 0.6 is 0 Å². The van der Waals surface area contributed by atoms with Gasteiger partial charge in [-0.3, -0.25) is 0 Å². The Bertz CT molecular complexity index is 207. The highest BCUT2D eigenvalue weighted by molar-refractivity contribution is 5.82. The van der Waals surface area contributed by atoms with Crippen molar-refractivity contribution in [2.45, 2.75) is 45.1 Å². The maximum Gasteiger partial charge on any atom is 0.326 e. The quantitative estimate of drug-likeness (QED) is 0.562. The van der Waals surface area contributed by atoms with Gasteiger partial charge in [-0.1, -0.05) is 32.6 Å². The van der Waals surface area contributed by atoms with Crippen molar-refractivity contribution in [1.29, 1.82) is 0 Å². The molecule has 0 radical (unpaired) electrons. The highest BCUT2D eigenvalue weighted by Crippen LogP contribution is 2.05. The standard InChI is InChI=1S/C10H20N2O3/c1-3-4-5-6-7-8(9(13)14)12-10(15)11-2/h8H,3-7H2,1-2H3,(H,13,14)(H2,11,12,15). The minimum Gasteiger partial charge on any atom is -0.480 e. The molecule has 0 heterocycles. The number of urea groups is 1. The fourth-order valence-electron chi connectivity index (χ4n) is 1.26. The summed E-state index contributed by atoms with van der Waals surface area (Å²) in [4.78, 5) is 21.7. The summed E-state index contributed by atoms with van der Waals surface area (Å²) in [6, 6.07) is -1.22. The number of carbonyl (C=O) groups is 2. The van der Waals surface area contributed by atoms with Crippen molar-refractivity contribution in [1.82, 2.24) is 10.6 Å². The molecular weight excluding hydrogens is 196 g/mol. The Morgan fingerprint density at radius 3 is 2.40 bits per heavy atom. The monoisotopic (exact) mass is 216 g/mol. The Balaban J connectivity index is 3.84. The van der Waals surface area contributed by atoms with Crippen LogP contribution < -0.4 is 10.6 Å². The number of carboxylic acid groups (broad SMARTS) is 1. The molecule has 0 saturated carbocycles. The topological polar surface area (TPSA) is 78.4 Å². The zero-order valence-corrected chi connectivity index (χ0v) is 9.38. The van der Waals surface area contributed by atoms with Crippen LogP contribution in [-0.2, 0) is 4.79 Å². The van der Waals surface area contributed by atoms with Gasteiger partial charge in [0.15, 0.2) is 0 Å². The molecule has 0 aromatic carbocycles. The lowest BCUT2D eigenvalue weighted by Gasteiger charge is -2.13. The molecule has 0 saturated heterocycles. The molecule has 1 atom stereocenters. The molecular formula is C10H20N2O3.